The molecule has 0 N–H and O–H groups in total. The Hall–Kier alpha value is -3.54. The van der Waals surface area contributed by atoms with Crippen molar-refractivity contribution in [2.24, 2.45) is 0 Å². The highest BCUT2D eigenvalue weighted by molar-refractivity contribution is 5.81. The van der Waals surface area contributed by atoms with Crippen LogP contribution in [0.15, 0.2) is 54.6 Å². The minimum Gasteiger partial charge on any atom is -0.466 e. The lowest BCUT2D eigenvalue weighted by Gasteiger charge is -2.11. The van der Waals surface area contributed by atoms with Gasteiger partial charge in [-0.1, -0.05) is 42.5 Å². The summed E-state index contributed by atoms with van der Waals surface area (Å²) in [7, 11) is 0. The van der Waals surface area contributed by atoms with E-state index in [9.17, 15) is 9.18 Å². The Morgan fingerprint density at radius 3 is 2.45 bits per heavy atom. The van der Waals surface area contributed by atoms with Gasteiger partial charge >= 0.3 is 5.97 Å². The summed E-state index contributed by atoms with van der Waals surface area (Å²) in [6.07, 6.45) is 0.696. The van der Waals surface area contributed by atoms with Crippen LogP contribution >= 0.6 is 0 Å². The molecule has 0 atom stereocenters. The van der Waals surface area contributed by atoms with Crippen LogP contribution < -0.4 is 0 Å². The van der Waals surface area contributed by atoms with E-state index in [0.717, 1.165) is 45.0 Å². The van der Waals surface area contributed by atoms with Gasteiger partial charge in [-0.15, -0.1) is 0 Å². The second-order valence-corrected chi connectivity index (χ2v) is 7.47. The highest BCUT2D eigenvalue weighted by Gasteiger charge is 2.21. The SMILES string of the molecule is CCOC(=O)Cc1c(C)nc2c(-c3ccccc3)c(Cc3ccc(F)cc3)nn2c1C. The van der Waals surface area contributed by atoms with Crippen molar-refractivity contribution < 1.29 is 13.9 Å². The van der Waals surface area contributed by atoms with Crippen molar-refractivity contribution >= 4 is 11.6 Å². The van der Waals surface area contributed by atoms with Crippen molar-refractivity contribution in [3.63, 3.8) is 0 Å². The average Bonchev–Trinajstić information content (AvgIpc) is 3.11. The van der Waals surface area contributed by atoms with Gasteiger partial charge in [0.25, 0.3) is 0 Å². The fourth-order valence-corrected chi connectivity index (χ4v) is 3.84. The van der Waals surface area contributed by atoms with Gasteiger partial charge in [-0.05, 0) is 44.0 Å². The molecule has 0 radical (unpaired) electrons. The first kappa shape index (κ1) is 20.7. The number of benzene rings is 2. The first-order valence-electron chi connectivity index (χ1n) is 10.3. The zero-order valence-corrected chi connectivity index (χ0v) is 17.9. The van der Waals surface area contributed by atoms with Crippen LogP contribution in [0.5, 0.6) is 0 Å². The Morgan fingerprint density at radius 1 is 1.06 bits per heavy atom. The Morgan fingerprint density at radius 2 is 1.77 bits per heavy atom. The number of nitrogens with zero attached hydrogens (tertiary/aromatic N) is 3. The van der Waals surface area contributed by atoms with Gasteiger partial charge < -0.3 is 4.74 Å². The Bertz CT molecular complexity index is 1230. The molecule has 0 unspecified atom stereocenters. The number of hydrogen-bond acceptors (Lipinski definition) is 4. The Balaban J connectivity index is 1.88. The molecule has 2 heterocycles. The molecule has 0 aliphatic carbocycles. The van der Waals surface area contributed by atoms with Crippen molar-refractivity contribution in [3.8, 4) is 11.1 Å². The van der Waals surface area contributed by atoms with Crippen molar-refractivity contribution in [2.45, 2.75) is 33.6 Å². The predicted molar refractivity (Wildman–Crippen MR) is 117 cm³/mol. The first-order chi connectivity index (χ1) is 15.0. The molecule has 4 aromatic rings. The van der Waals surface area contributed by atoms with Gasteiger partial charge in [0.1, 0.15) is 5.82 Å². The summed E-state index contributed by atoms with van der Waals surface area (Å²) in [5.41, 5.74) is 6.97. The third kappa shape index (κ3) is 4.19. The second kappa shape index (κ2) is 8.68. The largest absolute Gasteiger partial charge is 0.466 e. The number of hydrogen-bond donors (Lipinski definition) is 0. The summed E-state index contributed by atoms with van der Waals surface area (Å²) in [6, 6.07) is 16.4. The summed E-state index contributed by atoms with van der Waals surface area (Å²) in [5.74, 6) is -0.546. The van der Waals surface area contributed by atoms with Gasteiger partial charge in [0.2, 0.25) is 0 Å². The van der Waals surface area contributed by atoms with E-state index in [1.165, 1.54) is 12.1 Å². The zero-order chi connectivity index (χ0) is 22.0. The van der Waals surface area contributed by atoms with Gasteiger partial charge in [-0.3, -0.25) is 4.79 Å². The van der Waals surface area contributed by atoms with E-state index >= 15 is 0 Å². The molecule has 0 amide bonds. The van der Waals surface area contributed by atoms with E-state index < -0.39 is 0 Å². The van der Waals surface area contributed by atoms with E-state index in [1.807, 2.05) is 48.7 Å². The molecule has 0 saturated carbocycles. The average molecular weight is 417 g/mol. The van der Waals surface area contributed by atoms with Crippen LogP contribution in [0, 0.1) is 19.7 Å². The fourth-order valence-electron chi connectivity index (χ4n) is 3.84. The maximum Gasteiger partial charge on any atom is 0.310 e. The van der Waals surface area contributed by atoms with Gasteiger partial charge in [-0.25, -0.2) is 13.9 Å². The normalized spacial score (nSPS) is 11.1. The lowest BCUT2D eigenvalue weighted by atomic mass is 10.0. The van der Waals surface area contributed by atoms with Gasteiger partial charge in [0, 0.05) is 23.4 Å². The number of halogens is 1. The summed E-state index contributed by atoms with van der Waals surface area (Å²) in [6.45, 7) is 5.98. The third-order valence-corrected chi connectivity index (χ3v) is 5.37. The maximum absolute atomic E-state index is 13.4. The molecular weight excluding hydrogens is 393 g/mol. The van der Waals surface area contributed by atoms with Gasteiger partial charge in [0.15, 0.2) is 5.65 Å². The van der Waals surface area contributed by atoms with E-state index in [4.69, 9.17) is 14.8 Å². The summed E-state index contributed by atoms with van der Waals surface area (Å²) >= 11 is 0. The molecule has 0 saturated heterocycles. The molecule has 31 heavy (non-hydrogen) atoms. The number of carbonyl (C=O) groups excluding carboxylic acids is 1. The summed E-state index contributed by atoms with van der Waals surface area (Å²) < 4.78 is 20.3. The molecular formula is C25H24FN3O2. The van der Waals surface area contributed by atoms with Crippen molar-refractivity contribution in [1.29, 1.82) is 0 Å². The minimum absolute atomic E-state index is 0.155. The lowest BCUT2D eigenvalue weighted by molar-refractivity contribution is -0.142. The van der Waals surface area contributed by atoms with E-state index in [2.05, 4.69) is 0 Å². The monoisotopic (exact) mass is 417 g/mol. The molecule has 0 fully saturated rings. The number of ether oxygens (including phenoxy) is 1. The molecule has 0 aliphatic heterocycles. The summed E-state index contributed by atoms with van der Waals surface area (Å²) in [4.78, 5) is 16.9. The van der Waals surface area contributed by atoms with Crippen LogP contribution in [-0.4, -0.2) is 27.2 Å². The number of esters is 1. The highest BCUT2D eigenvalue weighted by atomic mass is 19.1. The predicted octanol–water partition coefficient (Wildman–Crippen LogP) is 4.85. The van der Waals surface area contributed by atoms with Crippen LogP contribution in [0.1, 0.15) is 35.1 Å². The lowest BCUT2D eigenvalue weighted by Crippen LogP contribution is -2.13. The third-order valence-electron chi connectivity index (χ3n) is 5.37. The molecule has 2 aromatic heterocycles. The van der Waals surface area contributed by atoms with Crippen LogP contribution in [0.2, 0.25) is 0 Å². The standard InChI is InChI=1S/C25H24FN3O2/c1-4-31-23(30)15-21-16(2)27-25-24(19-8-6-5-7-9-19)22(28-29(25)17(21)3)14-18-10-12-20(26)13-11-18/h5-13H,4,14-15H2,1-3H3. The zero-order valence-electron chi connectivity index (χ0n) is 17.9. The minimum atomic E-state index is -0.281. The van der Waals surface area contributed by atoms with Crippen molar-refractivity contribution in [2.75, 3.05) is 6.61 Å². The number of aromatic nitrogens is 3. The van der Waals surface area contributed by atoms with E-state index in [0.29, 0.717) is 13.0 Å². The molecule has 2 aromatic carbocycles. The van der Waals surface area contributed by atoms with Crippen LogP contribution in [0.4, 0.5) is 4.39 Å². The number of rotatable bonds is 6. The molecule has 4 rings (SSSR count). The quantitative estimate of drug-likeness (QED) is 0.421. The summed E-state index contributed by atoms with van der Waals surface area (Å²) in [5, 5.41) is 4.87. The van der Waals surface area contributed by atoms with Crippen molar-refractivity contribution in [1.82, 2.24) is 14.6 Å². The van der Waals surface area contributed by atoms with E-state index in [1.54, 1.807) is 19.1 Å². The molecule has 0 aliphatic rings. The van der Waals surface area contributed by atoms with E-state index in [-0.39, 0.29) is 18.2 Å². The van der Waals surface area contributed by atoms with Crippen LogP contribution in [0.3, 0.4) is 0 Å². The molecule has 6 heteroatoms. The second-order valence-electron chi connectivity index (χ2n) is 7.47. The first-order valence-corrected chi connectivity index (χ1v) is 10.3. The van der Waals surface area contributed by atoms with Crippen LogP contribution in [-0.2, 0) is 22.4 Å². The molecule has 0 spiro atoms. The highest BCUT2D eigenvalue weighted by Crippen LogP contribution is 2.31. The molecule has 158 valence electrons. The van der Waals surface area contributed by atoms with Crippen LogP contribution in [0.25, 0.3) is 16.8 Å². The number of aryl methyl sites for hydroxylation is 2. The van der Waals surface area contributed by atoms with Gasteiger partial charge in [0.05, 0.1) is 24.3 Å². The number of carbonyl (C=O) groups is 1. The topological polar surface area (TPSA) is 56.5 Å². The molecule has 5 nitrogen and oxygen atoms in total. The molecule has 0 bridgehead atoms. The smallest absolute Gasteiger partial charge is 0.310 e. The Labute approximate surface area is 180 Å². The maximum atomic E-state index is 13.4. The van der Waals surface area contributed by atoms with Gasteiger partial charge in [-0.2, -0.15) is 5.10 Å². The number of fused-ring (bicyclic) bond motifs is 1. The van der Waals surface area contributed by atoms with Crippen molar-refractivity contribution in [3.05, 3.63) is 88.6 Å². The fraction of sp³-hybridized carbons (Fsp3) is 0.240. The Kier molecular flexibility index (Phi) is 5.80.